The summed E-state index contributed by atoms with van der Waals surface area (Å²) in [5.41, 5.74) is 0.856. The van der Waals surface area contributed by atoms with Crippen molar-refractivity contribution >= 4 is 23.6 Å². The van der Waals surface area contributed by atoms with Crippen LogP contribution in [0.2, 0.25) is 0 Å². The summed E-state index contributed by atoms with van der Waals surface area (Å²) in [7, 11) is 0. The van der Waals surface area contributed by atoms with Gasteiger partial charge in [0.1, 0.15) is 5.70 Å². The van der Waals surface area contributed by atoms with Crippen LogP contribution in [0, 0.1) is 10.1 Å². The maximum atomic E-state index is 12.9. The average Bonchev–Trinajstić information content (AvgIpc) is 2.74. The molecule has 0 aliphatic heterocycles. The molecule has 2 amide bonds. The smallest absolute Gasteiger partial charge is 0.270 e. The van der Waals surface area contributed by atoms with Crippen LogP contribution in [0.25, 0.3) is 6.08 Å². The van der Waals surface area contributed by atoms with Gasteiger partial charge in [-0.05, 0) is 36.6 Å². The number of amides is 2. The number of rotatable bonds is 6. The molecule has 1 saturated carbocycles. The second-order valence-electron chi connectivity index (χ2n) is 7.04. The second-order valence-corrected chi connectivity index (χ2v) is 7.04. The molecule has 1 fully saturated rings. The molecule has 1 aliphatic rings. The molecule has 0 saturated heterocycles. The highest BCUT2D eigenvalue weighted by Crippen LogP contribution is 2.19. The summed E-state index contributed by atoms with van der Waals surface area (Å²) in [4.78, 5) is 36.0. The number of hydrogen-bond donors (Lipinski definition) is 2. The lowest BCUT2D eigenvalue weighted by molar-refractivity contribution is -0.384. The van der Waals surface area contributed by atoms with E-state index in [9.17, 15) is 19.7 Å². The molecular formula is C22H23N3O4. The van der Waals surface area contributed by atoms with E-state index in [0.29, 0.717) is 11.1 Å². The molecule has 0 heterocycles. The second kappa shape index (κ2) is 9.64. The first kappa shape index (κ1) is 20.3. The zero-order valence-corrected chi connectivity index (χ0v) is 16.0. The van der Waals surface area contributed by atoms with Gasteiger partial charge in [0, 0.05) is 23.7 Å². The zero-order chi connectivity index (χ0) is 20.6. The van der Waals surface area contributed by atoms with E-state index in [1.54, 1.807) is 42.5 Å². The maximum Gasteiger partial charge on any atom is 0.270 e. The fraction of sp³-hybridized carbons (Fsp3) is 0.273. The van der Waals surface area contributed by atoms with Crippen molar-refractivity contribution < 1.29 is 14.5 Å². The summed E-state index contributed by atoms with van der Waals surface area (Å²) < 4.78 is 0. The van der Waals surface area contributed by atoms with Gasteiger partial charge in [-0.3, -0.25) is 19.7 Å². The minimum absolute atomic E-state index is 0.0601. The first-order valence-corrected chi connectivity index (χ1v) is 9.66. The zero-order valence-electron chi connectivity index (χ0n) is 16.0. The molecule has 0 bridgehead atoms. The SMILES string of the molecule is O=C(NC1CCCCC1)/C(=C\c1cccc([N+](=O)[O-])c1)NC(=O)c1ccccc1. The van der Waals surface area contributed by atoms with Gasteiger partial charge in [-0.15, -0.1) is 0 Å². The normalized spacial score (nSPS) is 14.8. The number of nitro benzene ring substituents is 1. The van der Waals surface area contributed by atoms with Crippen LogP contribution in [0.5, 0.6) is 0 Å². The number of carbonyl (C=O) groups is 2. The summed E-state index contributed by atoms with van der Waals surface area (Å²) in [5.74, 6) is -0.811. The van der Waals surface area contributed by atoms with Crippen LogP contribution >= 0.6 is 0 Å². The summed E-state index contributed by atoms with van der Waals surface area (Å²) in [6, 6.07) is 14.6. The van der Waals surface area contributed by atoms with E-state index < -0.39 is 16.7 Å². The van der Waals surface area contributed by atoms with E-state index >= 15 is 0 Å². The van der Waals surface area contributed by atoms with Gasteiger partial charge in [-0.2, -0.15) is 0 Å². The lowest BCUT2D eigenvalue weighted by Gasteiger charge is -2.23. The summed E-state index contributed by atoms with van der Waals surface area (Å²) in [6.45, 7) is 0. The Balaban J connectivity index is 1.85. The largest absolute Gasteiger partial charge is 0.348 e. The van der Waals surface area contributed by atoms with E-state index in [1.807, 2.05) is 0 Å². The molecule has 0 spiro atoms. The Morgan fingerprint density at radius 2 is 1.72 bits per heavy atom. The van der Waals surface area contributed by atoms with Gasteiger partial charge in [0.15, 0.2) is 0 Å². The molecule has 150 valence electrons. The first-order valence-electron chi connectivity index (χ1n) is 9.66. The fourth-order valence-corrected chi connectivity index (χ4v) is 3.35. The van der Waals surface area contributed by atoms with Crippen molar-refractivity contribution in [1.82, 2.24) is 10.6 Å². The van der Waals surface area contributed by atoms with Gasteiger partial charge < -0.3 is 10.6 Å². The predicted octanol–water partition coefficient (Wildman–Crippen LogP) is 3.81. The predicted molar refractivity (Wildman–Crippen MR) is 110 cm³/mol. The molecule has 7 heteroatoms. The Morgan fingerprint density at radius 3 is 2.41 bits per heavy atom. The number of nitrogens with one attached hydrogen (secondary N) is 2. The fourth-order valence-electron chi connectivity index (χ4n) is 3.35. The lowest BCUT2D eigenvalue weighted by atomic mass is 9.95. The van der Waals surface area contributed by atoms with Crippen LogP contribution in [0.1, 0.15) is 48.0 Å². The van der Waals surface area contributed by atoms with Crippen molar-refractivity contribution in [1.29, 1.82) is 0 Å². The topological polar surface area (TPSA) is 101 Å². The molecule has 29 heavy (non-hydrogen) atoms. The van der Waals surface area contributed by atoms with Crippen molar-refractivity contribution in [2.75, 3.05) is 0 Å². The summed E-state index contributed by atoms with van der Waals surface area (Å²) in [5, 5.41) is 16.7. The third-order valence-electron chi connectivity index (χ3n) is 4.86. The summed E-state index contributed by atoms with van der Waals surface area (Å²) in [6.07, 6.45) is 6.56. The van der Waals surface area contributed by atoms with Gasteiger partial charge in [0.05, 0.1) is 4.92 Å². The number of benzene rings is 2. The van der Waals surface area contributed by atoms with Crippen LogP contribution < -0.4 is 10.6 Å². The maximum absolute atomic E-state index is 12.9. The minimum atomic E-state index is -0.498. The molecule has 0 aromatic heterocycles. The van der Waals surface area contributed by atoms with Crippen LogP contribution in [0.4, 0.5) is 5.69 Å². The average molecular weight is 393 g/mol. The van der Waals surface area contributed by atoms with Gasteiger partial charge in [0.2, 0.25) is 0 Å². The van der Waals surface area contributed by atoms with Crippen molar-refractivity contribution in [3.05, 3.63) is 81.5 Å². The van der Waals surface area contributed by atoms with Crippen molar-refractivity contribution in [2.24, 2.45) is 0 Å². The van der Waals surface area contributed by atoms with E-state index in [2.05, 4.69) is 10.6 Å². The third-order valence-corrected chi connectivity index (χ3v) is 4.86. The van der Waals surface area contributed by atoms with E-state index in [4.69, 9.17) is 0 Å². The van der Waals surface area contributed by atoms with Crippen molar-refractivity contribution in [3.8, 4) is 0 Å². The molecule has 0 atom stereocenters. The van der Waals surface area contributed by atoms with E-state index in [0.717, 1.165) is 32.1 Å². The highest BCUT2D eigenvalue weighted by molar-refractivity contribution is 6.05. The quantitative estimate of drug-likeness (QED) is 0.443. The third kappa shape index (κ3) is 5.75. The number of non-ortho nitro benzene ring substituents is 1. The minimum Gasteiger partial charge on any atom is -0.348 e. The van der Waals surface area contributed by atoms with Crippen molar-refractivity contribution in [2.45, 2.75) is 38.1 Å². The Labute approximate surface area is 169 Å². The highest BCUT2D eigenvalue weighted by Gasteiger charge is 2.20. The van der Waals surface area contributed by atoms with Crippen LogP contribution in [0.3, 0.4) is 0 Å². The molecular weight excluding hydrogens is 370 g/mol. The molecule has 2 aromatic carbocycles. The Kier molecular flexibility index (Phi) is 6.73. The Morgan fingerprint density at radius 1 is 1.00 bits per heavy atom. The number of nitro groups is 1. The first-order chi connectivity index (χ1) is 14.0. The number of carbonyl (C=O) groups excluding carboxylic acids is 2. The standard InChI is InChI=1S/C22H23N3O4/c26-21(17-9-3-1-4-10-17)24-20(22(27)23-18-11-5-2-6-12-18)15-16-8-7-13-19(14-16)25(28)29/h1,3-4,7-10,13-15,18H,2,5-6,11-12H2,(H,23,27)(H,24,26)/b20-15+. The number of nitrogens with zero attached hydrogens (tertiary/aromatic N) is 1. The van der Waals surface area contributed by atoms with Gasteiger partial charge >= 0.3 is 0 Å². The number of hydrogen-bond acceptors (Lipinski definition) is 4. The Hall–Kier alpha value is -3.48. The van der Waals surface area contributed by atoms with E-state index in [-0.39, 0.29) is 17.4 Å². The molecule has 0 radical (unpaired) electrons. The summed E-state index contributed by atoms with van der Waals surface area (Å²) >= 11 is 0. The molecule has 7 nitrogen and oxygen atoms in total. The van der Waals surface area contributed by atoms with Crippen LogP contribution in [0.15, 0.2) is 60.3 Å². The van der Waals surface area contributed by atoms with Gasteiger partial charge in [-0.1, -0.05) is 49.6 Å². The molecule has 0 unspecified atom stereocenters. The van der Waals surface area contributed by atoms with Gasteiger partial charge in [-0.25, -0.2) is 0 Å². The Bertz CT molecular complexity index is 919. The van der Waals surface area contributed by atoms with Crippen LogP contribution in [-0.2, 0) is 4.79 Å². The monoisotopic (exact) mass is 393 g/mol. The van der Waals surface area contributed by atoms with E-state index in [1.165, 1.54) is 18.2 Å². The van der Waals surface area contributed by atoms with Crippen molar-refractivity contribution in [3.63, 3.8) is 0 Å². The van der Waals surface area contributed by atoms with Crippen LogP contribution in [-0.4, -0.2) is 22.8 Å². The lowest BCUT2D eigenvalue weighted by Crippen LogP contribution is -2.41. The highest BCUT2D eigenvalue weighted by atomic mass is 16.6. The van der Waals surface area contributed by atoms with Gasteiger partial charge in [0.25, 0.3) is 17.5 Å². The molecule has 2 N–H and O–H groups in total. The molecule has 3 rings (SSSR count). The molecule has 1 aliphatic carbocycles. The molecule has 2 aromatic rings.